The standard InChI is InChI=1S/C18H24N2/c1-13-6-7-14-12-15(8-9-16(14)20-13)18(17(2,3)4)10-5-11-19-18/h6-9,12,19H,5,10-11H2,1-4H3. The van der Waals surface area contributed by atoms with E-state index in [1.54, 1.807) is 0 Å². The third kappa shape index (κ3) is 2.03. The van der Waals surface area contributed by atoms with Gasteiger partial charge in [0.15, 0.2) is 0 Å². The van der Waals surface area contributed by atoms with E-state index in [-0.39, 0.29) is 11.0 Å². The summed E-state index contributed by atoms with van der Waals surface area (Å²) in [7, 11) is 0. The lowest BCUT2D eigenvalue weighted by atomic mass is 9.68. The molecule has 0 saturated carbocycles. The molecule has 0 aliphatic carbocycles. The normalized spacial score (nSPS) is 23.4. The Morgan fingerprint density at radius 2 is 1.95 bits per heavy atom. The Morgan fingerprint density at radius 1 is 1.15 bits per heavy atom. The lowest BCUT2D eigenvalue weighted by Crippen LogP contribution is -2.48. The Bertz CT molecular complexity index is 631. The fraction of sp³-hybridized carbons (Fsp3) is 0.500. The first kappa shape index (κ1) is 13.6. The monoisotopic (exact) mass is 268 g/mol. The minimum atomic E-state index is 0.0894. The van der Waals surface area contributed by atoms with Crippen LogP contribution in [0.1, 0.15) is 44.9 Å². The van der Waals surface area contributed by atoms with Crippen molar-refractivity contribution in [3.63, 3.8) is 0 Å². The van der Waals surface area contributed by atoms with Crippen LogP contribution in [-0.2, 0) is 5.54 Å². The van der Waals surface area contributed by atoms with Crippen LogP contribution in [0.3, 0.4) is 0 Å². The molecule has 0 amide bonds. The van der Waals surface area contributed by atoms with Gasteiger partial charge in [0, 0.05) is 16.6 Å². The minimum absolute atomic E-state index is 0.0894. The molecule has 3 rings (SSSR count). The predicted molar refractivity (Wildman–Crippen MR) is 84.8 cm³/mol. The van der Waals surface area contributed by atoms with Gasteiger partial charge in [0.05, 0.1) is 5.52 Å². The molecule has 1 aliphatic rings. The van der Waals surface area contributed by atoms with E-state index in [0.29, 0.717) is 0 Å². The molecule has 2 aromatic rings. The third-order valence-electron chi connectivity index (χ3n) is 4.76. The fourth-order valence-corrected chi connectivity index (χ4v) is 3.56. The summed E-state index contributed by atoms with van der Waals surface area (Å²) in [6, 6.07) is 11.0. The van der Waals surface area contributed by atoms with E-state index in [2.05, 4.69) is 61.4 Å². The number of nitrogens with zero attached hydrogens (tertiary/aromatic N) is 1. The molecule has 2 heterocycles. The van der Waals surface area contributed by atoms with Crippen LogP contribution in [0.2, 0.25) is 0 Å². The molecule has 0 bridgehead atoms. The van der Waals surface area contributed by atoms with Crippen LogP contribution in [0, 0.1) is 12.3 Å². The first-order chi connectivity index (χ1) is 9.42. The van der Waals surface area contributed by atoms with Crippen LogP contribution < -0.4 is 5.32 Å². The Kier molecular flexibility index (Phi) is 3.09. The van der Waals surface area contributed by atoms with Crippen molar-refractivity contribution in [2.24, 2.45) is 5.41 Å². The van der Waals surface area contributed by atoms with Gasteiger partial charge >= 0.3 is 0 Å². The molecule has 1 saturated heterocycles. The zero-order chi connectivity index (χ0) is 14.4. The Balaban J connectivity index is 2.15. The molecule has 0 radical (unpaired) electrons. The summed E-state index contributed by atoms with van der Waals surface area (Å²) in [5.74, 6) is 0. The smallest absolute Gasteiger partial charge is 0.0705 e. The van der Waals surface area contributed by atoms with Crippen LogP contribution >= 0.6 is 0 Å². The summed E-state index contributed by atoms with van der Waals surface area (Å²) in [6.07, 6.45) is 2.46. The maximum absolute atomic E-state index is 4.61. The van der Waals surface area contributed by atoms with E-state index in [4.69, 9.17) is 0 Å². The van der Waals surface area contributed by atoms with Crippen molar-refractivity contribution in [1.82, 2.24) is 10.3 Å². The van der Waals surface area contributed by atoms with Gasteiger partial charge in [-0.05, 0) is 55.5 Å². The number of pyridine rings is 1. The fourth-order valence-electron chi connectivity index (χ4n) is 3.56. The van der Waals surface area contributed by atoms with Crippen molar-refractivity contribution in [2.75, 3.05) is 6.54 Å². The maximum atomic E-state index is 4.61. The second kappa shape index (κ2) is 4.56. The molecule has 1 aliphatic heterocycles. The van der Waals surface area contributed by atoms with Crippen molar-refractivity contribution < 1.29 is 0 Å². The second-order valence-corrected chi connectivity index (χ2v) is 7.05. The molecule has 1 N–H and O–H groups in total. The Morgan fingerprint density at radius 3 is 2.60 bits per heavy atom. The molecule has 20 heavy (non-hydrogen) atoms. The van der Waals surface area contributed by atoms with Gasteiger partial charge in [-0.15, -0.1) is 0 Å². The third-order valence-corrected chi connectivity index (χ3v) is 4.76. The molecule has 1 fully saturated rings. The van der Waals surface area contributed by atoms with Crippen LogP contribution in [0.15, 0.2) is 30.3 Å². The molecule has 106 valence electrons. The molecule has 1 aromatic carbocycles. The highest BCUT2D eigenvalue weighted by Gasteiger charge is 2.45. The lowest BCUT2D eigenvalue weighted by Gasteiger charge is -2.43. The van der Waals surface area contributed by atoms with E-state index in [9.17, 15) is 0 Å². The van der Waals surface area contributed by atoms with Crippen LogP contribution in [-0.4, -0.2) is 11.5 Å². The van der Waals surface area contributed by atoms with Gasteiger partial charge in [-0.1, -0.05) is 32.9 Å². The van der Waals surface area contributed by atoms with Gasteiger partial charge in [-0.2, -0.15) is 0 Å². The van der Waals surface area contributed by atoms with Gasteiger partial charge in [0.1, 0.15) is 0 Å². The van der Waals surface area contributed by atoms with Crippen molar-refractivity contribution in [3.05, 3.63) is 41.6 Å². The summed E-state index contributed by atoms with van der Waals surface area (Å²) in [5.41, 5.74) is 3.87. The summed E-state index contributed by atoms with van der Waals surface area (Å²) < 4.78 is 0. The molecule has 2 nitrogen and oxygen atoms in total. The molecule has 2 heteroatoms. The highest BCUT2D eigenvalue weighted by atomic mass is 15.0. The molecule has 0 spiro atoms. The number of hydrogen-bond acceptors (Lipinski definition) is 2. The van der Waals surface area contributed by atoms with Gasteiger partial charge < -0.3 is 5.32 Å². The van der Waals surface area contributed by atoms with Crippen molar-refractivity contribution >= 4 is 10.9 Å². The predicted octanol–water partition coefficient (Wildman–Crippen LogP) is 4.17. The number of hydrogen-bond donors (Lipinski definition) is 1. The quantitative estimate of drug-likeness (QED) is 0.839. The van der Waals surface area contributed by atoms with E-state index in [1.807, 2.05) is 6.92 Å². The van der Waals surface area contributed by atoms with E-state index in [0.717, 1.165) is 17.8 Å². The SMILES string of the molecule is Cc1ccc2cc(C3(C(C)(C)C)CCCN3)ccc2n1. The average Bonchev–Trinajstić information content (AvgIpc) is 2.88. The average molecular weight is 268 g/mol. The van der Waals surface area contributed by atoms with Crippen LogP contribution in [0.4, 0.5) is 0 Å². The molecule has 1 aromatic heterocycles. The summed E-state index contributed by atoms with van der Waals surface area (Å²) in [4.78, 5) is 4.61. The highest BCUT2D eigenvalue weighted by molar-refractivity contribution is 5.79. The first-order valence-electron chi connectivity index (χ1n) is 7.55. The summed E-state index contributed by atoms with van der Waals surface area (Å²) in [5, 5.41) is 5.02. The summed E-state index contributed by atoms with van der Waals surface area (Å²) in [6.45, 7) is 10.2. The second-order valence-electron chi connectivity index (χ2n) is 7.05. The largest absolute Gasteiger partial charge is 0.307 e. The van der Waals surface area contributed by atoms with E-state index < -0.39 is 0 Å². The van der Waals surface area contributed by atoms with Crippen molar-refractivity contribution in [1.29, 1.82) is 0 Å². The topological polar surface area (TPSA) is 24.9 Å². The zero-order valence-electron chi connectivity index (χ0n) is 13.0. The summed E-state index contributed by atoms with van der Waals surface area (Å²) >= 11 is 0. The Labute approximate surface area is 121 Å². The minimum Gasteiger partial charge on any atom is -0.307 e. The van der Waals surface area contributed by atoms with Gasteiger partial charge in [0.25, 0.3) is 0 Å². The number of aryl methyl sites for hydroxylation is 1. The number of rotatable bonds is 1. The maximum Gasteiger partial charge on any atom is 0.0705 e. The van der Waals surface area contributed by atoms with Gasteiger partial charge in [0.2, 0.25) is 0 Å². The lowest BCUT2D eigenvalue weighted by molar-refractivity contribution is 0.161. The van der Waals surface area contributed by atoms with E-state index >= 15 is 0 Å². The zero-order valence-corrected chi connectivity index (χ0v) is 13.0. The number of fused-ring (bicyclic) bond motifs is 1. The molecular weight excluding hydrogens is 244 g/mol. The number of nitrogens with one attached hydrogen (secondary N) is 1. The Hall–Kier alpha value is -1.41. The van der Waals surface area contributed by atoms with Crippen molar-refractivity contribution in [3.8, 4) is 0 Å². The number of aromatic nitrogens is 1. The molecule has 1 atom stereocenters. The van der Waals surface area contributed by atoms with E-state index in [1.165, 1.54) is 23.8 Å². The molecule has 1 unspecified atom stereocenters. The number of benzene rings is 1. The van der Waals surface area contributed by atoms with Gasteiger partial charge in [-0.25, -0.2) is 0 Å². The van der Waals surface area contributed by atoms with Gasteiger partial charge in [-0.3, -0.25) is 4.98 Å². The van der Waals surface area contributed by atoms with Crippen molar-refractivity contribution in [2.45, 2.75) is 46.1 Å². The first-order valence-corrected chi connectivity index (χ1v) is 7.55. The molecular formula is C18H24N2. The highest BCUT2D eigenvalue weighted by Crippen LogP contribution is 2.45. The van der Waals surface area contributed by atoms with Crippen LogP contribution in [0.5, 0.6) is 0 Å². The van der Waals surface area contributed by atoms with Crippen LogP contribution in [0.25, 0.3) is 10.9 Å².